The number of ether oxygens (including phenoxy) is 1. The highest BCUT2D eigenvalue weighted by Crippen LogP contribution is 2.29. The van der Waals surface area contributed by atoms with Crippen LogP contribution in [0.1, 0.15) is 43.7 Å². The molecule has 9 heteroatoms. The standard InChI is InChI=1S/C22H28F2N4O3/c23-22(24)9-8-19(29)27(14-22)12-16(25)11-20(30)28-10-4-7-18(28)21-26-17(13-31-21)15-5-2-1-3-6-15/h1-3,5-6,16-18H,4,7-14,25H2/t16-,17+,18-/m0/s1. The lowest BCUT2D eigenvalue weighted by molar-refractivity contribution is -0.147. The van der Waals surface area contributed by atoms with Crippen LogP contribution in [0.3, 0.4) is 0 Å². The molecule has 2 saturated heterocycles. The van der Waals surface area contributed by atoms with E-state index in [1.165, 1.54) is 0 Å². The number of nitrogens with zero attached hydrogens (tertiary/aromatic N) is 3. The van der Waals surface area contributed by atoms with Crippen molar-refractivity contribution < 1.29 is 23.1 Å². The molecule has 31 heavy (non-hydrogen) atoms. The van der Waals surface area contributed by atoms with Crippen molar-refractivity contribution in [3.05, 3.63) is 35.9 Å². The van der Waals surface area contributed by atoms with Gasteiger partial charge in [-0.1, -0.05) is 30.3 Å². The molecule has 1 aromatic rings. The van der Waals surface area contributed by atoms with Crippen LogP contribution in [0.25, 0.3) is 0 Å². The number of carbonyl (C=O) groups is 2. The summed E-state index contributed by atoms with van der Waals surface area (Å²) in [6.45, 7) is 0.343. The quantitative estimate of drug-likeness (QED) is 0.743. The first-order chi connectivity index (χ1) is 14.8. The van der Waals surface area contributed by atoms with Gasteiger partial charge in [-0.05, 0) is 18.4 Å². The Balaban J connectivity index is 1.35. The molecule has 0 aliphatic carbocycles. The van der Waals surface area contributed by atoms with Crippen molar-refractivity contribution in [3.8, 4) is 0 Å². The first-order valence-electron chi connectivity index (χ1n) is 10.8. The minimum atomic E-state index is -2.90. The molecule has 0 aromatic heterocycles. The van der Waals surface area contributed by atoms with Gasteiger partial charge in [0.1, 0.15) is 18.7 Å². The average molecular weight is 434 g/mol. The van der Waals surface area contributed by atoms with E-state index in [9.17, 15) is 18.4 Å². The Kier molecular flexibility index (Phi) is 6.22. The van der Waals surface area contributed by atoms with Gasteiger partial charge in [-0.3, -0.25) is 9.59 Å². The summed E-state index contributed by atoms with van der Waals surface area (Å²) in [6.07, 6.45) is 0.958. The average Bonchev–Trinajstić information content (AvgIpc) is 3.40. The molecule has 1 aromatic carbocycles. The van der Waals surface area contributed by atoms with Crippen LogP contribution in [-0.2, 0) is 14.3 Å². The molecule has 2 fully saturated rings. The molecule has 0 radical (unpaired) electrons. The first-order valence-corrected chi connectivity index (χ1v) is 10.8. The van der Waals surface area contributed by atoms with Crippen molar-refractivity contribution in [3.63, 3.8) is 0 Å². The Hall–Kier alpha value is -2.55. The van der Waals surface area contributed by atoms with E-state index >= 15 is 0 Å². The number of rotatable bonds is 6. The number of halogens is 2. The van der Waals surface area contributed by atoms with Crippen LogP contribution in [0, 0.1) is 0 Å². The Labute approximate surface area is 180 Å². The molecule has 2 amide bonds. The number of benzene rings is 1. The molecule has 3 aliphatic rings. The fourth-order valence-electron chi connectivity index (χ4n) is 4.49. The number of hydrogen-bond donors (Lipinski definition) is 1. The molecule has 3 heterocycles. The summed E-state index contributed by atoms with van der Waals surface area (Å²) >= 11 is 0. The first kappa shape index (κ1) is 21.7. The minimum Gasteiger partial charge on any atom is -0.477 e. The second-order valence-corrected chi connectivity index (χ2v) is 8.54. The van der Waals surface area contributed by atoms with E-state index < -0.39 is 24.9 Å². The van der Waals surface area contributed by atoms with Crippen LogP contribution in [0.5, 0.6) is 0 Å². The summed E-state index contributed by atoms with van der Waals surface area (Å²) in [6, 6.07) is 8.86. The highest BCUT2D eigenvalue weighted by Gasteiger charge is 2.40. The van der Waals surface area contributed by atoms with Gasteiger partial charge in [0.15, 0.2) is 0 Å². The minimum absolute atomic E-state index is 0.0127. The SMILES string of the molecule is N[C@@H](CC(=O)N1CCC[C@H]1C1=N[C@@H](c2ccccc2)CO1)CN1CC(F)(F)CCC1=O. The lowest BCUT2D eigenvalue weighted by Crippen LogP contribution is -2.51. The number of nitrogens with two attached hydrogens (primary N) is 1. The van der Waals surface area contributed by atoms with Gasteiger partial charge in [-0.2, -0.15) is 0 Å². The van der Waals surface area contributed by atoms with Crippen LogP contribution in [-0.4, -0.2) is 71.8 Å². The highest BCUT2D eigenvalue weighted by molar-refractivity contribution is 5.89. The van der Waals surface area contributed by atoms with E-state index in [1.807, 2.05) is 30.3 Å². The van der Waals surface area contributed by atoms with Gasteiger partial charge >= 0.3 is 0 Å². The Bertz CT molecular complexity index is 848. The van der Waals surface area contributed by atoms with Crippen LogP contribution in [0.2, 0.25) is 0 Å². The normalized spacial score (nSPS) is 26.5. The molecule has 4 rings (SSSR count). The summed E-state index contributed by atoms with van der Waals surface area (Å²) in [5.74, 6) is -2.83. The summed E-state index contributed by atoms with van der Waals surface area (Å²) in [5, 5.41) is 0. The third-order valence-corrected chi connectivity index (χ3v) is 6.09. The van der Waals surface area contributed by atoms with E-state index in [0.29, 0.717) is 19.0 Å². The Morgan fingerprint density at radius 3 is 2.87 bits per heavy atom. The number of likely N-dealkylation sites (tertiary alicyclic amines) is 2. The summed E-state index contributed by atoms with van der Waals surface area (Å²) in [5.41, 5.74) is 7.14. The molecular formula is C22H28F2N4O3. The van der Waals surface area contributed by atoms with Gasteiger partial charge < -0.3 is 20.3 Å². The fourth-order valence-corrected chi connectivity index (χ4v) is 4.49. The number of hydrogen-bond acceptors (Lipinski definition) is 5. The zero-order valence-corrected chi connectivity index (χ0v) is 17.4. The maximum Gasteiger partial charge on any atom is 0.265 e. The summed E-state index contributed by atoms with van der Waals surface area (Å²) < 4.78 is 33.1. The number of carbonyl (C=O) groups excluding carboxylic acids is 2. The second kappa shape index (κ2) is 8.90. The maximum atomic E-state index is 13.6. The lowest BCUT2D eigenvalue weighted by Gasteiger charge is -2.34. The molecular weight excluding hydrogens is 406 g/mol. The largest absolute Gasteiger partial charge is 0.477 e. The van der Waals surface area contributed by atoms with Gasteiger partial charge in [0.25, 0.3) is 5.92 Å². The van der Waals surface area contributed by atoms with Crippen molar-refractivity contribution in [2.75, 3.05) is 26.2 Å². The molecule has 0 unspecified atom stereocenters. The number of aliphatic imine (C=N–C) groups is 1. The van der Waals surface area contributed by atoms with Gasteiger partial charge in [0.05, 0.1) is 6.54 Å². The van der Waals surface area contributed by atoms with E-state index in [0.717, 1.165) is 23.3 Å². The topological polar surface area (TPSA) is 88.2 Å². The molecule has 3 aliphatic heterocycles. The third kappa shape index (κ3) is 5.03. The Morgan fingerprint density at radius 1 is 1.32 bits per heavy atom. The van der Waals surface area contributed by atoms with Crippen LogP contribution >= 0.6 is 0 Å². The monoisotopic (exact) mass is 434 g/mol. The molecule has 0 bridgehead atoms. The van der Waals surface area contributed by atoms with Crippen LogP contribution < -0.4 is 5.73 Å². The zero-order chi connectivity index (χ0) is 22.0. The zero-order valence-electron chi connectivity index (χ0n) is 17.4. The van der Waals surface area contributed by atoms with E-state index in [2.05, 4.69) is 0 Å². The maximum absolute atomic E-state index is 13.6. The fraction of sp³-hybridized carbons (Fsp3) is 0.591. The highest BCUT2D eigenvalue weighted by atomic mass is 19.3. The summed E-state index contributed by atoms with van der Waals surface area (Å²) in [4.78, 5) is 32.4. The van der Waals surface area contributed by atoms with E-state index in [-0.39, 0.29) is 43.3 Å². The predicted molar refractivity (Wildman–Crippen MR) is 111 cm³/mol. The molecule has 0 spiro atoms. The van der Waals surface area contributed by atoms with Gasteiger partial charge in [0, 0.05) is 38.4 Å². The van der Waals surface area contributed by atoms with Gasteiger partial charge in [0.2, 0.25) is 17.7 Å². The van der Waals surface area contributed by atoms with Crippen LogP contribution in [0.15, 0.2) is 35.3 Å². The van der Waals surface area contributed by atoms with Crippen molar-refractivity contribution in [1.82, 2.24) is 9.80 Å². The number of amides is 2. The number of alkyl halides is 2. The van der Waals surface area contributed by atoms with Gasteiger partial charge in [-0.25, -0.2) is 13.8 Å². The van der Waals surface area contributed by atoms with Crippen LogP contribution in [0.4, 0.5) is 8.78 Å². The number of piperidine rings is 1. The molecule has 0 saturated carbocycles. The van der Waals surface area contributed by atoms with Crippen molar-refractivity contribution in [1.29, 1.82) is 0 Å². The molecule has 168 valence electrons. The molecule has 7 nitrogen and oxygen atoms in total. The lowest BCUT2D eigenvalue weighted by atomic mass is 10.0. The van der Waals surface area contributed by atoms with Gasteiger partial charge in [-0.15, -0.1) is 0 Å². The predicted octanol–water partition coefficient (Wildman–Crippen LogP) is 2.12. The summed E-state index contributed by atoms with van der Waals surface area (Å²) in [7, 11) is 0. The third-order valence-electron chi connectivity index (χ3n) is 6.09. The Morgan fingerprint density at radius 2 is 2.10 bits per heavy atom. The second-order valence-electron chi connectivity index (χ2n) is 8.54. The van der Waals surface area contributed by atoms with E-state index in [1.54, 1.807) is 4.90 Å². The smallest absolute Gasteiger partial charge is 0.265 e. The van der Waals surface area contributed by atoms with Crippen molar-refractivity contribution >= 4 is 17.7 Å². The van der Waals surface area contributed by atoms with E-state index in [4.69, 9.17) is 15.5 Å². The molecule has 3 atom stereocenters. The molecule has 2 N–H and O–H groups in total. The van der Waals surface area contributed by atoms with Crippen molar-refractivity contribution in [2.24, 2.45) is 10.7 Å². The van der Waals surface area contributed by atoms with Crippen molar-refractivity contribution in [2.45, 2.75) is 56.2 Å².